The van der Waals surface area contributed by atoms with E-state index in [4.69, 9.17) is 18.0 Å². The van der Waals surface area contributed by atoms with E-state index >= 15 is 0 Å². The second kappa shape index (κ2) is 10.7. The van der Waals surface area contributed by atoms with Gasteiger partial charge in [0.1, 0.15) is 12.1 Å². The number of likely N-dealkylation sites (tertiary alicyclic amines) is 1. The van der Waals surface area contributed by atoms with E-state index in [0.717, 1.165) is 25.3 Å². The van der Waals surface area contributed by atoms with E-state index in [9.17, 15) is 9.59 Å². The van der Waals surface area contributed by atoms with Crippen molar-refractivity contribution < 1.29 is 9.59 Å². The summed E-state index contributed by atoms with van der Waals surface area (Å²) in [4.78, 5) is 28.3. The first-order chi connectivity index (χ1) is 13.7. The van der Waals surface area contributed by atoms with Gasteiger partial charge in [0.2, 0.25) is 11.8 Å². The zero-order valence-electron chi connectivity index (χ0n) is 18.6. The number of hydrogen-bond acceptors (Lipinski definition) is 4. The molecule has 0 spiro atoms. The zero-order valence-corrected chi connectivity index (χ0v) is 19.4. The predicted octanol–water partition coefficient (Wildman–Crippen LogP) is 2.60. The third-order valence-corrected chi connectivity index (χ3v) is 6.59. The Morgan fingerprint density at radius 1 is 1.24 bits per heavy atom. The van der Waals surface area contributed by atoms with Crippen LogP contribution in [0.5, 0.6) is 0 Å². The highest BCUT2D eigenvalue weighted by Crippen LogP contribution is 2.36. The van der Waals surface area contributed by atoms with E-state index in [2.05, 4.69) is 17.6 Å². The fourth-order valence-corrected chi connectivity index (χ4v) is 4.59. The molecule has 166 valence electrons. The molecule has 6 nitrogen and oxygen atoms in total. The van der Waals surface area contributed by atoms with E-state index in [1.54, 1.807) is 4.90 Å². The summed E-state index contributed by atoms with van der Waals surface area (Å²) in [7, 11) is 0. The van der Waals surface area contributed by atoms with Gasteiger partial charge in [0.05, 0.1) is 4.99 Å². The first kappa shape index (κ1) is 24.1. The molecule has 1 heterocycles. The maximum Gasteiger partial charge on any atom is 0.246 e. The number of hydrogen-bond donors (Lipinski definition) is 3. The molecular weight excluding hydrogens is 384 g/mol. The third kappa shape index (κ3) is 6.64. The van der Waals surface area contributed by atoms with E-state index in [0.29, 0.717) is 17.5 Å². The van der Waals surface area contributed by atoms with Crippen molar-refractivity contribution in [2.45, 2.75) is 84.7 Å². The SMILES string of the molecule is CCCC[C@H]1C[C@H](CNC(=O)[C@H]2CCCN2C(=O)[C@@H](NC(=S)CN)C(C)(C)C)C1. The van der Waals surface area contributed by atoms with Crippen molar-refractivity contribution in [1.29, 1.82) is 0 Å². The smallest absolute Gasteiger partial charge is 0.246 e. The van der Waals surface area contributed by atoms with Crippen LogP contribution in [0.15, 0.2) is 0 Å². The summed E-state index contributed by atoms with van der Waals surface area (Å²) in [6, 6.07) is -0.866. The van der Waals surface area contributed by atoms with Crippen LogP contribution in [0.4, 0.5) is 0 Å². The minimum Gasteiger partial charge on any atom is -0.367 e. The summed E-state index contributed by atoms with van der Waals surface area (Å²) >= 11 is 5.22. The maximum absolute atomic E-state index is 13.3. The Balaban J connectivity index is 1.89. The van der Waals surface area contributed by atoms with Gasteiger partial charge in [0.25, 0.3) is 0 Å². The zero-order chi connectivity index (χ0) is 21.6. The molecule has 1 saturated carbocycles. The summed E-state index contributed by atoms with van der Waals surface area (Å²) in [5.74, 6) is 1.36. The van der Waals surface area contributed by atoms with Gasteiger partial charge in [-0.1, -0.05) is 59.2 Å². The molecule has 2 amide bonds. The second-order valence-electron chi connectivity index (χ2n) is 9.85. The number of unbranched alkanes of at least 4 members (excludes halogenated alkanes) is 1. The predicted molar refractivity (Wildman–Crippen MR) is 122 cm³/mol. The Labute approximate surface area is 181 Å². The molecule has 0 bridgehead atoms. The first-order valence-corrected chi connectivity index (χ1v) is 11.7. The molecule has 2 atom stereocenters. The lowest BCUT2D eigenvalue weighted by Crippen LogP contribution is -2.58. The van der Waals surface area contributed by atoms with Gasteiger partial charge >= 0.3 is 0 Å². The molecule has 2 rings (SSSR count). The lowest BCUT2D eigenvalue weighted by atomic mass is 9.72. The standard InChI is InChI=1S/C22H40N4O2S/c1-5-6-8-15-11-16(12-15)14-24-20(27)17-9-7-10-26(17)21(28)19(22(2,3)4)25-18(29)13-23/h15-17,19H,5-14,23H2,1-4H3,(H,24,27)(H,25,29)/t15-,16-,17-,19-/m1/s1. The number of amides is 2. The van der Waals surface area contributed by atoms with Crippen molar-refractivity contribution in [1.82, 2.24) is 15.5 Å². The molecule has 7 heteroatoms. The molecular formula is C22H40N4O2S. The summed E-state index contributed by atoms with van der Waals surface area (Å²) in [6.45, 7) is 9.78. The van der Waals surface area contributed by atoms with Crippen LogP contribution in [0.1, 0.15) is 72.6 Å². The van der Waals surface area contributed by atoms with Crippen LogP contribution in [-0.4, -0.2) is 53.4 Å². The molecule has 4 N–H and O–H groups in total. The summed E-state index contributed by atoms with van der Waals surface area (Å²) in [5, 5.41) is 6.23. The van der Waals surface area contributed by atoms with E-state index in [1.807, 2.05) is 20.8 Å². The van der Waals surface area contributed by atoms with Crippen molar-refractivity contribution in [3.63, 3.8) is 0 Å². The monoisotopic (exact) mass is 424 g/mol. The van der Waals surface area contributed by atoms with Crippen molar-refractivity contribution >= 4 is 29.0 Å². The number of nitrogens with zero attached hydrogens (tertiary/aromatic N) is 1. The quantitative estimate of drug-likeness (QED) is 0.495. The molecule has 1 saturated heterocycles. The Morgan fingerprint density at radius 3 is 2.52 bits per heavy atom. The lowest BCUT2D eigenvalue weighted by molar-refractivity contribution is -0.141. The topological polar surface area (TPSA) is 87.5 Å². The number of carbonyl (C=O) groups is 2. The molecule has 0 aromatic rings. The van der Waals surface area contributed by atoms with Crippen molar-refractivity contribution in [2.75, 3.05) is 19.6 Å². The van der Waals surface area contributed by atoms with Gasteiger partial charge in [-0.05, 0) is 42.9 Å². The molecule has 0 aromatic heterocycles. The van der Waals surface area contributed by atoms with Gasteiger partial charge < -0.3 is 21.3 Å². The number of nitrogens with two attached hydrogens (primary N) is 1. The highest BCUT2D eigenvalue weighted by atomic mass is 32.1. The van der Waals surface area contributed by atoms with E-state index in [1.165, 1.54) is 32.1 Å². The van der Waals surface area contributed by atoms with Crippen LogP contribution in [0.25, 0.3) is 0 Å². The molecule has 0 unspecified atom stereocenters. The fourth-order valence-electron chi connectivity index (χ4n) is 4.47. The number of rotatable bonds is 9. The van der Waals surface area contributed by atoms with Crippen LogP contribution >= 0.6 is 12.2 Å². The van der Waals surface area contributed by atoms with Crippen LogP contribution < -0.4 is 16.4 Å². The minimum atomic E-state index is -0.488. The molecule has 0 aromatic carbocycles. The molecule has 2 aliphatic rings. The van der Waals surface area contributed by atoms with E-state index < -0.39 is 6.04 Å². The summed E-state index contributed by atoms with van der Waals surface area (Å²) in [6.07, 6.45) is 7.89. The Hall–Kier alpha value is -1.21. The lowest BCUT2D eigenvalue weighted by Gasteiger charge is -2.37. The molecule has 1 aliphatic heterocycles. The first-order valence-electron chi connectivity index (χ1n) is 11.2. The minimum absolute atomic E-state index is 0.0121. The van der Waals surface area contributed by atoms with Crippen molar-refractivity contribution in [3.8, 4) is 0 Å². The van der Waals surface area contributed by atoms with Gasteiger partial charge in [-0.3, -0.25) is 9.59 Å². The van der Waals surface area contributed by atoms with Crippen LogP contribution in [0.3, 0.4) is 0 Å². The Bertz CT molecular complexity index is 584. The van der Waals surface area contributed by atoms with Gasteiger partial charge in [0.15, 0.2) is 0 Å². The van der Waals surface area contributed by atoms with Crippen LogP contribution in [0, 0.1) is 17.3 Å². The van der Waals surface area contributed by atoms with Gasteiger partial charge in [-0.15, -0.1) is 0 Å². The van der Waals surface area contributed by atoms with Gasteiger partial charge in [-0.2, -0.15) is 0 Å². The van der Waals surface area contributed by atoms with Crippen molar-refractivity contribution in [2.24, 2.45) is 23.0 Å². The summed E-state index contributed by atoms with van der Waals surface area (Å²) < 4.78 is 0. The number of thiocarbonyl (C=S) groups is 1. The van der Waals surface area contributed by atoms with Gasteiger partial charge in [0, 0.05) is 19.6 Å². The Morgan fingerprint density at radius 2 is 1.93 bits per heavy atom. The van der Waals surface area contributed by atoms with E-state index in [-0.39, 0.29) is 29.8 Å². The Kier molecular flexibility index (Phi) is 8.89. The average molecular weight is 425 g/mol. The molecule has 29 heavy (non-hydrogen) atoms. The largest absolute Gasteiger partial charge is 0.367 e. The average Bonchev–Trinajstić information content (AvgIpc) is 3.12. The third-order valence-electron chi connectivity index (χ3n) is 6.31. The molecule has 1 aliphatic carbocycles. The van der Waals surface area contributed by atoms with Gasteiger partial charge in [-0.25, -0.2) is 0 Å². The fraction of sp³-hybridized carbons (Fsp3) is 0.864. The summed E-state index contributed by atoms with van der Waals surface area (Å²) in [5.41, 5.74) is 5.29. The highest BCUT2D eigenvalue weighted by molar-refractivity contribution is 7.80. The second-order valence-corrected chi connectivity index (χ2v) is 10.3. The van der Waals surface area contributed by atoms with Crippen LogP contribution in [0.2, 0.25) is 0 Å². The highest BCUT2D eigenvalue weighted by Gasteiger charge is 2.41. The number of carbonyl (C=O) groups excluding carboxylic acids is 2. The maximum atomic E-state index is 13.3. The molecule has 0 radical (unpaired) electrons. The van der Waals surface area contributed by atoms with Crippen LogP contribution in [-0.2, 0) is 9.59 Å². The number of nitrogens with one attached hydrogen (secondary N) is 2. The molecule has 2 fully saturated rings. The normalized spacial score (nSPS) is 25.3. The van der Waals surface area contributed by atoms with Crippen molar-refractivity contribution in [3.05, 3.63) is 0 Å².